The summed E-state index contributed by atoms with van der Waals surface area (Å²) in [5, 5.41) is 1.69. The molecule has 178 valence electrons. The first-order chi connectivity index (χ1) is 16.4. The zero-order valence-corrected chi connectivity index (χ0v) is 20.3. The van der Waals surface area contributed by atoms with Crippen LogP contribution in [0.4, 0.5) is 0 Å². The van der Waals surface area contributed by atoms with Gasteiger partial charge in [0.15, 0.2) is 6.10 Å². The summed E-state index contributed by atoms with van der Waals surface area (Å²) >= 11 is 6.05. The summed E-state index contributed by atoms with van der Waals surface area (Å²) in [6.07, 6.45) is 2.17. The predicted octanol–water partition coefficient (Wildman–Crippen LogP) is 5.05. The fraction of sp³-hybridized carbons (Fsp3) is 0.407. The molecule has 0 radical (unpaired) electrons. The van der Waals surface area contributed by atoms with E-state index in [9.17, 15) is 9.59 Å². The van der Waals surface area contributed by atoms with Gasteiger partial charge in [-0.25, -0.2) is 0 Å². The third-order valence-corrected chi connectivity index (χ3v) is 7.42. The van der Waals surface area contributed by atoms with Crippen molar-refractivity contribution in [2.24, 2.45) is 5.92 Å². The van der Waals surface area contributed by atoms with E-state index in [-0.39, 0.29) is 23.8 Å². The highest BCUT2D eigenvalue weighted by Gasteiger charge is 2.41. The van der Waals surface area contributed by atoms with Crippen LogP contribution in [0.1, 0.15) is 42.2 Å². The van der Waals surface area contributed by atoms with Gasteiger partial charge in [-0.3, -0.25) is 9.59 Å². The molecule has 2 fully saturated rings. The number of aromatic nitrogens is 1. The minimum Gasteiger partial charge on any atom is -0.481 e. The van der Waals surface area contributed by atoms with Crippen molar-refractivity contribution in [3.63, 3.8) is 0 Å². The molecule has 3 atom stereocenters. The van der Waals surface area contributed by atoms with Crippen molar-refractivity contribution in [2.75, 3.05) is 19.6 Å². The number of H-pyrrole nitrogens is 1. The van der Waals surface area contributed by atoms with Gasteiger partial charge in [0.05, 0.1) is 0 Å². The van der Waals surface area contributed by atoms with E-state index in [4.69, 9.17) is 16.3 Å². The average molecular weight is 480 g/mol. The van der Waals surface area contributed by atoms with Crippen LogP contribution in [-0.4, -0.2) is 58.4 Å². The Kier molecular flexibility index (Phi) is 6.26. The number of hydrogen-bond acceptors (Lipinski definition) is 3. The van der Waals surface area contributed by atoms with Crippen molar-refractivity contribution >= 4 is 34.3 Å². The molecule has 34 heavy (non-hydrogen) atoms. The molecule has 3 aromatic rings. The Balaban J connectivity index is 1.25. The van der Waals surface area contributed by atoms with Gasteiger partial charge in [-0.1, -0.05) is 29.8 Å². The molecule has 6 nitrogen and oxygen atoms in total. The molecule has 2 aromatic carbocycles. The number of carbonyl (C=O) groups excluding carboxylic acids is 2. The Labute approximate surface area is 204 Å². The number of likely N-dealkylation sites (tertiary alicyclic amines) is 2. The zero-order valence-electron chi connectivity index (χ0n) is 19.6. The summed E-state index contributed by atoms with van der Waals surface area (Å²) in [5.74, 6) is 1.01. The van der Waals surface area contributed by atoms with Gasteiger partial charge in [-0.05, 0) is 74.9 Å². The average Bonchev–Trinajstić information content (AvgIpc) is 3.28. The highest BCUT2D eigenvalue weighted by atomic mass is 35.5. The van der Waals surface area contributed by atoms with Crippen molar-refractivity contribution in [1.82, 2.24) is 14.8 Å². The van der Waals surface area contributed by atoms with Crippen molar-refractivity contribution in [2.45, 2.75) is 45.3 Å². The van der Waals surface area contributed by atoms with Crippen molar-refractivity contribution in [3.05, 3.63) is 64.8 Å². The lowest BCUT2D eigenvalue weighted by atomic mass is 9.83. The number of hydrogen-bond donors (Lipinski definition) is 1. The molecule has 0 spiro atoms. The van der Waals surface area contributed by atoms with E-state index in [2.05, 4.69) is 4.98 Å². The number of para-hydroxylation sites is 1. The van der Waals surface area contributed by atoms with E-state index in [1.54, 1.807) is 6.07 Å². The number of amides is 2. The number of nitrogens with one attached hydrogen (secondary N) is 1. The number of rotatable bonds is 4. The quantitative estimate of drug-likeness (QED) is 0.569. The molecule has 2 aliphatic rings. The van der Waals surface area contributed by atoms with Gasteiger partial charge in [0.25, 0.3) is 11.8 Å². The van der Waals surface area contributed by atoms with Gasteiger partial charge >= 0.3 is 0 Å². The second kappa shape index (κ2) is 9.34. The van der Waals surface area contributed by atoms with Crippen molar-refractivity contribution < 1.29 is 14.3 Å². The highest BCUT2D eigenvalue weighted by Crippen LogP contribution is 2.32. The molecule has 5 rings (SSSR count). The van der Waals surface area contributed by atoms with Crippen LogP contribution in [-0.2, 0) is 4.79 Å². The summed E-state index contributed by atoms with van der Waals surface area (Å²) in [5.41, 5.74) is 2.51. The monoisotopic (exact) mass is 479 g/mol. The number of carbonyl (C=O) groups is 2. The number of piperidine rings is 2. The molecule has 0 aliphatic carbocycles. The van der Waals surface area contributed by atoms with Crippen LogP contribution in [0.25, 0.3) is 10.9 Å². The summed E-state index contributed by atoms with van der Waals surface area (Å²) in [6, 6.07) is 15.4. The van der Waals surface area contributed by atoms with Crippen LogP contribution in [0.15, 0.2) is 48.5 Å². The molecule has 2 aliphatic heterocycles. The smallest absolute Gasteiger partial charge is 0.270 e. The topological polar surface area (TPSA) is 65.6 Å². The standard InChI is InChI=1S/C27H30ClN3O3/c1-17-14-21(28)9-10-25(17)34-18(2)26(32)31-12-5-7-20-16-30(13-11-24(20)31)27(33)23-15-19-6-3-4-8-22(19)29-23/h3-4,6,8-10,14-15,18,20,24,29H,5,7,11-13,16H2,1-2H3/t18?,20-,24+/m1/s1. The van der Waals surface area contributed by atoms with Gasteiger partial charge < -0.3 is 19.5 Å². The minimum absolute atomic E-state index is 0.0134. The summed E-state index contributed by atoms with van der Waals surface area (Å²) in [6.45, 7) is 5.80. The number of ether oxygens (including phenoxy) is 1. The molecule has 2 amide bonds. The SMILES string of the molecule is Cc1cc(Cl)ccc1OC(C)C(=O)N1CCC[C@@H]2CN(C(=O)c3cc4ccccc4[nH]3)CC[C@@H]21. The van der Waals surface area contributed by atoms with Crippen molar-refractivity contribution in [1.29, 1.82) is 0 Å². The maximum Gasteiger partial charge on any atom is 0.270 e. The summed E-state index contributed by atoms with van der Waals surface area (Å²) in [7, 11) is 0. The second-order valence-corrected chi connectivity index (χ2v) is 9.92. The Morgan fingerprint density at radius 1 is 1.12 bits per heavy atom. The number of aryl methyl sites for hydroxylation is 1. The first kappa shape index (κ1) is 22.8. The lowest BCUT2D eigenvalue weighted by molar-refractivity contribution is -0.144. The number of nitrogens with zero attached hydrogens (tertiary/aromatic N) is 2. The van der Waals surface area contributed by atoms with E-state index in [0.717, 1.165) is 42.3 Å². The first-order valence-electron chi connectivity index (χ1n) is 12.0. The van der Waals surface area contributed by atoms with Crippen LogP contribution in [0, 0.1) is 12.8 Å². The normalized spacial score (nSPS) is 21.3. The van der Waals surface area contributed by atoms with Gasteiger partial charge in [0, 0.05) is 41.6 Å². The maximum atomic E-state index is 13.4. The fourth-order valence-corrected chi connectivity index (χ4v) is 5.67. The minimum atomic E-state index is -0.579. The Morgan fingerprint density at radius 3 is 2.74 bits per heavy atom. The molecule has 7 heteroatoms. The van der Waals surface area contributed by atoms with Gasteiger partial charge in [-0.15, -0.1) is 0 Å². The molecule has 1 aromatic heterocycles. The van der Waals surface area contributed by atoms with Crippen molar-refractivity contribution in [3.8, 4) is 5.75 Å². The number of aromatic amines is 1. The van der Waals surface area contributed by atoms with Crippen LogP contribution >= 0.6 is 11.6 Å². The highest BCUT2D eigenvalue weighted by molar-refractivity contribution is 6.30. The third kappa shape index (κ3) is 4.39. The zero-order chi connectivity index (χ0) is 23.8. The van der Waals surface area contributed by atoms with Gasteiger partial charge in [0.1, 0.15) is 11.4 Å². The molecule has 1 unspecified atom stereocenters. The van der Waals surface area contributed by atoms with Crippen LogP contribution in [0.3, 0.4) is 0 Å². The maximum absolute atomic E-state index is 13.4. The number of fused-ring (bicyclic) bond motifs is 2. The second-order valence-electron chi connectivity index (χ2n) is 9.48. The third-order valence-electron chi connectivity index (χ3n) is 7.19. The molecule has 1 N–H and O–H groups in total. The molecular formula is C27H30ClN3O3. The Morgan fingerprint density at radius 2 is 1.94 bits per heavy atom. The predicted molar refractivity (Wildman–Crippen MR) is 133 cm³/mol. The lowest BCUT2D eigenvalue weighted by Gasteiger charge is -2.47. The number of halogens is 1. The number of benzene rings is 2. The Hall–Kier alpha value is -2.99. The van der Waals surface area contributed by atoms with E-state index >= 15 is 0 Å². The van der Waals surface area contributed by atoms with E-state index in [1.807, 2.05) is 66.1 Å². The van der Waals surface area contributed by atoms with E-state index < -0.39 is 6.10 Å². The Bertz CT molecular complexity index is 1190. The summed E-state index contributed by atoms with van der Waals surface area (Å²) < 4.78 is 6.02. The summed E-state index contributed by atoms with van der Waals surface area (Å²) in [4.78, 5) is 33.8. The molecule has 0 saturated carbocycles. The van der Waals surface area contributed by atoms with Crippen LogP contribution in [0.2, 0.25) is 5.02 Å². The molecule has 3 heterocycles. The first-order valence-corrected chi connectivity index (χ1v) is 12.4. The van der Waals surface area contributed by atoms with Gasteiger partial charge in [0.2, 0.25) is 0 Å². The van der Waals surface area contributed by atoms with Crippen LogP contribution in [0.5, 0.6) is 5.75 Å². The fourth-order valence-electron chi connectivity index (χ4n) is 5.44. The van der Waals surface area contributed by atoms with Gasteiger partial charge in [-0.2, -0.15) is 0 Å². The molecular weight excluding hydrogens is 450 g/mol. The van der Waals surface area contributed by atoms with E-state index in [0.29, 0.717) is 29.6 Å². The molecule has 2 saturated heterocycles. The van der Waals surface area contributed by atoms with E-state index in [1.165, 1.54) is 0 Å². The molecule has 0 bridgehead atoms. The van der Waals surface area contributed by atoms with Crippen LogP contribution < -0.4 is 4.74 Å². The largest absolute Gasteiger partial charge is 0.481 e. The lowest BCUT2D eigenvalue weighted by Crippen LogP contribution is -2.58.